The maximum Gasteiger partial charge on any atom is 0.268 e. The summed E-state index contributed by atoms with van der Waals surface area (Å²) in [6, 6.07) is 4.90. The lowest BCUT2D eigenvalue weighted by Gasteiger charge is -2.02. The first-order valence-corrected chi connectivity index (χ1v) is 5.91. The van der Waals surface area contributed by atoms with Gasteiger partial charge in [0.05, 0.1) is 16.7 Å². The SMILES string of the molecule is O=C1CSc2nc3ccc(Cl)cc3c(=O)n21. The van der Waals surface area contributed by atoms with Gasteiger partial charge in [0.1, 0.15) is 0 Å². The minimum absolute atomic E-state index is 0.223. The standard InChI is InChI=1S/C10H5ClN2O2S/c11-5-1-2-7-6(3-5)9(15)13-8(14)4-16-10(13)12-7/h1-3H,4H2. The van der Waals surface area contributed by atoms with Gasteiger partial charge in [-0.25, -0.2) is 9.55 Å². The smallest absolute Gasteiger partial charge is 0.268 e. The number of benzene rings is 1. The van der Waals surface area contributed by atoms with Crippen LogP contribution >= 0.6 is 23.4 Å². The number of hydrogen-bond donors (Lipinski definition) is 0. The first kappa shape index (κ1) is 9.86. The predicted molar refractivity (Wildman–Crippen MR) is 62.4 cm³/mol. The van der Waals surface area contributed by atoms with E-state index in [2.05, 4.69) is 4.98 Å². The molecule has 80 valence electrons. The number of halogens is 1. The molecule has 0 spiro atoms. The van der Waals surface area contributed by atoms with Gasteiger partial charge < -0.3 is 0 Å². The molecule has 2 heterocycles. The van der Waals surface area contributed by atoms with E-state index in [1.54, 1.807) is 12.1 Å². The summed E-state index contributed by atoms with van der Waals surface area (Å²) in [4.78, 5) is 27.8. The molecule has 16 heavy (non-hydrogen) atoms. The van der Waals surface area contributed by atoms with Gasteiger partial charge in [-0.1, -0.05) is 23.4 Å². The van der Waals surface area contributed by atoms with Crippen LogP contribution in [0.5, 0.6) is 0 Å². The number of carbonyl (C=O) groups is 1. The summed E-state index contributed by atoms with van der Waals surface area (Å²) in [5.74, 6) is 0.0473. The zero-order chi connectivity index (χ0) is 11.3. The Bertz CT molecular complexity index is 680. The Hall–Kier alpha value is -1.33. The molecule has 0 amide bonds. The van der Waals surface area contributed by atoms with E-state index >= 15 is 0 Å². The Balaban J connectivity index is 2.49. The minimum atomic E-state index is -0.336. The average molecular weight is 253 g/mol. The molecule has 4 nitrogen and oxygen atoms in total. The first-order chi connectivity index (χ1) is 7.66. The monoisotopic (exact) mass is 252 g/mol. The number of nitrogens with zero attached hydrogens (tertiary/aromatic N) is 2. The van der Waals surface area contributed by atoms with Gasteiger partial charge in [-0.2, -0.15) is 0 Å². The van der Waals surface area contributed by atoms with Crippen LogP contribution in [0.25, 0.3) is 10.9 Å². The maximum absolute atomic E-state index is 12.0. The fourth-order valence-corrected chi connectivity index (χ4v) is 2.68. The fraction of sp³-hybridized carbons (Fsp3) is 0.100. The van der Waals surface area contributed by atoms with Crippen molar-refractivity contribution in [3.8, 4) is 0 Å². The summed E-state index contributed by atoms with van der Waals surface area (Å²) >= 11 is 7.09. The van der Waals surface area contributed by atoms with Gasteiger partial charge in [-0.3, -0.25) is 9.59 Å². The van der Waals surface area contributed by atoms with Crippen LogP contribution in [0.3, 0.4) is 0 Å². The van der Waals surface area contributed by atoms with Gasteiger partial charge in [0, 0.05) is 5.02 Å². The Morgan fingerprint density at radius 1 is 1.38 bits per heavy atom. The van der Waals surface area contributed by atoms with Crippen molar-refractivity contribution in [1.82, 2.24) is 9.55 Å². The predicted octanol–water partition coefficient (Wildman–Crippen LogP) is 1.80. The third kappa shape index (κ3) is 1.28. The molecular weight excluding hydrogens is 248 g/mol. The summed E-state index contributed by atoms with van der Waals surface area (Å²) in [5, 5.41) is 1.31. The number of thioether (sulfide) groups is 1. The minimum Gasteiger partial charge on any atom is -0.273 e. The second kappa shape index (κ2) is 3.33. The maximum atomic E-state index is 12.0. The lowest BCUT2D eigenvalue weighted by atomic mass is 10.2. The molecule has 0 N–H and O–H groups in total. The third-order valence-electron chi connectivity index (χ3n) is 2.37. The molecule has 0 radical (unpaired) electrons. The Kier molecular flexibility index (Phi) is 2.05. The highest BCUT2D eigenvalue weighted by molar-refractivity contribution is 8.00. The van der Waals surface area contributed by atoms with E-state index in [4.69, 9.17) is 11.6 Å². The van der Waals surface area contributed by atoms with Crippen molar-refractivity contribution >= 4 is 40.2 Å². The van der Waals surface area contributed by atoms with Crippen LogP contribution in [0.1, 0.15) is 4.79 Å². The van der Waals surface area contributed by atoms with Crippen LogP contribution < -0.4 is 5.56 Å². The lowest BCUT2D eigenvalue weighted by molar-refractivity contribution is 0.0934. The third-order valence-corrected chi connectivity index (χ3v) is 3.53. The van der Waals surface area contributed by atoms with E-state index in [0.717, 1.165) is 4.57 Å². The molecule has 0 aliphatic carbocycles. The molecule has 0 saturated carbocycles. The number of aromatic nitrogens is 2. The number of fused-ring (bicyclic) bond motifs is 2. The number of rotatable bonds is 0. The highest BCUT2D eigenvalue weighted by Crippen LogP contribution is 2.24. The Labute approximate surface area is 99.2 Å². The van der Waals surface area contributed by atoms with Crippen molar-refractivity contribution in [3.63, 3.8) is 0 Å². The zero-order valence-corrected chi connectivity index (χ0v) is 9.51. The van der Waals surface area contributed by atoms with Gasteiger partial charge in [-0.05, 0) is 18.2 Å². The summed E-state index contributed by atoms with van der Waals surface area (Å²) in [6.07, 6.45) is 0. The lowest BCUT2D eigenvalue weighted by Crippen LogP contribution is -2.25. The van der Waals surface area contributed by atoms with Crippen molar-refractivity contribution in [2.75, 3.05) is 5.75 Å². The summed E-state index contributed by atoms with van der Waals surface area (Å²) in [7, 11) is 0. The second-order valence-electron chi connectivity index (χ2n) is 3.38. The normalized spacial score (nSPS) is 14.4. The molecule has 0 bridgehead atoms. The van der Waals surface area contributed by atoms with Gasteiger partial charge in [0.2, 0.25) is 5.91 Å². The van der Waals surface area contributed by atoms with Crippen molar-refractivity contribution in [2.45, 2.75) is 5.16 Å². The molecule has 0 unspecified atom stereocenters. The molecule has 3 rings (SSSR count). The van der Waals surface area contributed by atoms with E-state index in [0.29, 0.717) is 21.1 Å². The molecule has 0 saturated heterocycles. The molecule has 6 heteroatoms. The Morgan fingerprint density at radius 3 is 3.00 bits per heavy atom. The van der Waals surface area contributed by atoms with Crippen LogP contribution in [0.15, 0.2) is 28.2 Å². The number of carbonyl (C=O) groups excluding carboxylic acids is 1. The van der Waals surface area contributed by atoms with Crippen LogP contribution in [0.2, 0.25) is 5.02 Å². The van der Waals surface area contributed by atoms with Crippen LogP contribution in [0, 0.1) is 0 Å². The van der Waals surface area contributed by atoms with E-state index < -0.39 is 0 Å². The van der Waals surface area contributed by atoms with Crippen molar-refractivity contribution in [2.24, 2.45) is 0 Å². The first-order valence-electron chi connectivity index (χ1n) is 4.55. The summed E-state index contributed by atoms with van der Waals surface area (Å²) < 4.78 is 1.11. The Morgan fingerprint density at radius 2 is 2.19 bits per heavy atom. The van der Waals surface area contributed by atoms with E-state index in [1.165, 1.54) is 17.8 Å². The van der Waals surface area contributed by atoms with Gasteiger partial charge in [-0.15, -0.1) is 0 Å². The molecule has 0 fully saturated rings. The second-order valence-corrected chi connectivity index (χ2v) is 4.76. The van der Waals surface area contributed by atoms with Gasteiger partial charge in [0.25, 0.3) is 5.56 Å². The molecule has 1 aliphatic rings. The van der Waals surface area contributed by atoms with Gasteiger partial charge >= 0.3 is 0 Å². The summed E-state index contributed by atoms with van der Waals surface area (Å²) in [5.41, 5.74) is 0.236. The molecule has 1 aliphatic heterocycles. The highest BCUT2D eigenvalue weighted by atomic mass is 35.5. The molecule has 1 aromatic heterocycles. The average Bonchev–Trinajstić information content (AvgIpc) is 2.62. The van der Waals surface area contributed by atoms with E-state index in [-0.39, 0.29) is 17.2 Å². The molecule has 2 aromatic rings. The molecule has 1 aromatic carbocycles. The van der Waals surface area contributed by atoms with Crippen LogP contribution in [-0.2, 0) is 0 Å². The van der Waals surface area contributed by atoms with Gasteiger partial charge in [0.15, 0.2) is 5.16 Å². The van der Waals surface area contributed by atoms with Crippen molar-refractivity contribution in [1.29, 1.82) is 0 Å². The summed E-state index contributed by atoms with van der Waals surface area (Å²) in [6.45, 7) is 0. The highest BCUT2D eigenvalue weighted by Gasteiger charge is 2.23. The van der Waals surface area contributed by atoms with E-state index in [9.17, 15) is 9.59 Å². The fourth-order valence-electron chi connectivity index (χ4n) is 1.65. The topological polar surface area (TPSA) is 52.0 Å². The van der Waals surface area contributed by atoms with Crippen molar-refractivity contribution in [3.05, 3.63) is 33.6 Å². The quantitative estimate of drug-likeness (QED) is 0.671. The van der Waals surface area contributed by atoms with Crippen LogP contribution in [-0.4, -0.2) is 21.2 Å². The molecular formula is C10H5ClN2O2S. The zero-order valence-electron chi connectivity index (χ0n) is 7.94. The van der Waals surface area contributed by atoms with E-state index in [1.807, 2.05) is 0 Å². The largest absolute Gasteiger partial charge is 0.273 e. The number of hydrogen-bond acceptors (Lipinski definition) is 4. The van der Waals surface area contributed by atoms with Crippen molar-refractivity contribution < 1.29 is 4.79 Å². The molecule has 0 atom stereocenters. The van der Waals surface area contributed by atoms with Crippen LogP contribution in [0.4, 0.5) is 0 Å².